The van der Waals surface area contributed by atoms with Gasteiger partial charge in [-0.05, 0) is 19.1 Å². The lowest BCUT2D eigenvalue weighted by Crippen LogP contribution is -2.26. The topological polar surface area (TPSA) is 92.6 Å². The molecule has 6 nitrogen and oxygen atoms in total. The summed E-state index contributed by atoms with van der Waals surface area (Å²) in [4.78, 5) is 11.9. The lowest BCUT2D eigenvalue weighted by atomic mass is 10.2. The van der Waals surface area contributed by atoms with Crippen LogP contribution in [0.4, 0.5) is 17.1 Å². The zero-order valence-corrected chi connectivity index (χ0v) is 9.09. The number of aliphatic hydroxyl groups excluding tert-OH is 1. The first-order chi connectivity index (χ1) is 7.60. The molecule has 88 valence electrons. The molecule has 0 saturated carbocycles. The fraction of sp³-hybridized carbons (Fsp3) is 0.400. The minimum absolute atomic E-state index is 0.0325. The molecule has 0 aliphatic carbocycles. The summed E-state index contributed by atoms with van der Waals surface area (Å²) in [7, 11) is 0. The van der Waals surface area contributed by atoms with Gasteiger partial charge in [0, 0.05) is 24.8 Å². The second kappa shape index (κ2) is 5.32. The summed E-state index contributed by atoms with van der Waals surface area (Å²) in [5.41, 5.74) is 6.40. The maximum Gasteiger partial charge on any atom is 0.292 e. The van der Waals surface area contributed by atoms with E-state index in [1.54, 1.807) is 12.1 Å². The van der Waals surface area contributed by atoms with Gasteiger partial charge in [0.15, 0.2) is 0 Å². The van der Waals surface area contributed by atoms with Crippen molar-refractivity contribution in [3.63, 3.8) is 0 Å². The van der Waals surface area contributed by atoms with Crippen molar-refractivity contribution in [2.24, 2.45) is 0 Å². The van der Waals surface area contributed by atoms with Crippen molar-refractivity contribution < 1.29 is 10.0 Å². The summed E-state index contributed by atoms with van der Waals surface area (Å²) >= 11 is 0. The average molecular weight is 225 g/mol. The largest absolute Gasteiger partial charge is 0.395 e. The number of rotatable bonds is 5. The van der Waals surface area contributed by atoms with Crippen molar-refractivity contribution in [3.05, 3.63) is 28.3 Å². The summed E-state index contributed by atoms with van der Waals surface area (Å²) in [6.07, 6.45) is 0. The number of benzene rings is 1. The lowest BCUT2D eigenvalue weighted by molar-refractivity contribution is -0.383. The molecule has 0 aliphatic rings. The monoisotopic (exact) mass is 225 g/mol. The predicted octanol–water partition coefficient (Wildman–Crippen LogP) is 0.996. The number of anilines is 2. The van der Waals surface area contributed by atoms with Crippen molar-refractivity contribution in [2.75, 3.05) is 30.3 Å². The van der Waals surface area contributed by atoms with Gasteiger partial charge in [0.1, 0.15) is 5.69 Å². The third kappa shape index (κ3) is 2.60. The molecule has 1 aromatic carbocycles. The minimum Gasteiger partial charge on any atom is -0.395 e. The molecule has 0 unspecified atom stereocenters. The van der Waals surface area contributed by atoms with E-state index in [1.807, 2.05) is 11.8 Å². The molecule has 16 heavy (non-hydrogen) atoms. The molecule has 0 heterocycles. The van der Waals surface area contributed by atoms with Gasteiger partial charge < -0.3 is 15.7 Å². The van der Waals surface area contributed by atoms with E-state index >= 15 is 0 Å². The maximum absolute atomic E-state index is 10.6. The van der Waals surface area contributed by atoms with Crippen LogP contribution in [0.1, 0.15) is 6.92 Å². The van der Waals surface area contributed by atoms with Crippen molar-refractivity contribution >= 4 is 17.1 Å². The molecule has 1 rings (SSSR count). The van der Waals surface area contributed by atoms with E-state index < -0.39 is 4.92 Å². The number of hydrogen-bond donors (Lipinski definition) is 2. The molecule has 0 aromatic heterocycles. The highest BCUT2D eigenvalue weighted by atomic mass is 16.6. The molecule has 0 saturated heterocycles. The van der Waals surface area contributed by atoms with Gasteiger partial charge in [0.05, 0.1) is 11.5 Å². The van der Waals surface area contributed by atoms with E-state index in [2.05, 4.69) is 0 Å². The molecule has 3 N–H and O–H groups in total. The number of nitro benzene ring substituents is 1. The zero-order chi connectivity index (χ0) is 12.1. The minimum atomic E-state index is -0.512. The Morgan fingerprint density at radius 2 is 2.25 bits per heavy atom. The van der Waals surface area contributed by atoms with E-state index in [0.717, 1.165) is 5.69 Å². The molecule has 0 bridgehead atoms. The maximum atomic E-state index is 10.6. The van der Waals surface area contributed by atoms with Gasteiger partial charge in [-0.25, -0.2) is 0 Å². The molecule has 0 atom stereocenters. The molecule has 1 aromatic rings. The van der Waals surface area contributed by atoms with Gasteiger partial charge in [-0.15, -0.1) is 0 Å². The van der Waals surface area contributed by atoms with Crippen LogP contribution in [-0.2, 0) is 0 Å². The molecule has 0 aliphatic heterocycles. The Balaban J connectivity index is 2.99. The zero-order valence-electron chi connectivity index (χ0n) is 9.09. The second-order valence-corrected chi connectivity index (χ2v) is 3.30. The van der Waals surface area contributed by atoms with E-state index in [9.17, 15) is 10.1 Å². The van der Waals surface area contributed by atoms with Crippen molar-refractivity contribution in [1.29, 1.82) is 0 Å². The molecular weight excluding hydrogens is 210 g/mol. The second-order valence-electron chi connectivity index (χ2n) is 3.30. The Hall–Kier alpha value is -1.82. The van der Waals surface area contributed by atoms with Crippen LogP contribution in [0.15, 0.2) is 18.2 Å². The first-order valence-electron chi connectivity index (χ1n) is 4.99. The summed E-state index contributed by atoms with van der Waals surface area (Å²) < 4.78 is 0. The van der Waals surface area contributed by atoms with Gasteiger partial charge in [-0.1, -0.05) is 0 Å². The Labute approximate surface area is 93.4 Å². The van der Waals surface area contributed by atoms with Gasteiger partial charge >= 0.3 is 0 Å². The molecule has 0 amide bonds. The van der Waals surface area contributed by atoms with Gasteiger partial charge in [0.2, 0.25) is 0 Å². The molecule has 0 spiro atoms. The smallest absolute Gasteiger partial charge is 0.292 e. The molecule has 0 fully saturated rings. The lowest BCUT2D eigenvalue weighted by Gasteiger charge is -2.22. The third-order valence-electron chi connectivity index (χ3n) is 2.32. The van der Waals surface area contributed by atoms with Crippen LogP contribution in [0.3, 0.4) is 0 Å². The van der Waals surface area contributed by atoms with Gasteiger partial charge in [0.25, 0.3) is 5.69 Å². The Morgan fingerprint density at radius 3 is 2.69 bits per heavy atom. The third-order valence-corrected chi connectivity index (χ3v) is 2.32. The summed E-state index contributed by atoms with van der Waals surface area (Å²) in [5.74, 6) is 0. The number of nitrogen functional groups attached to an aromatic ring is 1. The Bertz CT molecular complexity index is 382. The summed E-state index contributed by atoms with van der Waals surface area (Å²) in [5, 5.41) is 19.4. The van der Waals surface area contributed by atoms with Gasteiger partial charge in [-0.2, -0.15) is 0 Å². The highest BCUT2D eigenvalue weighted by Gasteiger charge is 2.13. The highest BCUT2D eigenvalue weighted by Crippen LogP contribution is 2.26. The quantitative estimate of drug-likeness (QED) is 0.443. The van der Waals surface area contributed by atoms with Crippen LogP contribution in [0.2, 0.25) is 0 Å². The van der Waals surface area contributed by atoms with Crippen LogP contribution < -0.4 is 10.6 Å². The number of nitrogens with two attached hydrogens (primary N) is 1. The Kier molecular flexibility index (Phi) is 4.07. The summed E-state index contributed by atoms with van der Waals surface area (Å²) in [6, 6.07) is 4.57. The normalized spacial score (nSPS) is 10.1. The van der Waals surface area contributed by atoms with E-state index in [0.29, 0.717) is 13.1 Å². The molecule has 6 heteroatoms. The van der Waals surface area contributed by atoms with Crippen LogP contribution >= 0.6 is 0 Å². The summed E-state index contributed by atoms with van der Waals surface area (Å²) in [6.45, 7) is 3.16. The fourth-order valence-corrected chi connectivity index (χ4v) is 1.50. The molecular formula is C10H15N3O3. The average Bonchev–Trinajstić information content (AvgIpc) is 2.25. The van der Waals surface area contributed by atoms with Crippen LogP contribution in [-0.4, -0.2) is 29.7 Å². The standard InChI is InChI=1S/C10H15N3O3/c1-2-12(5-6-14)8-3-4-10(13(15)16)9(11)7-8/h3-4,7,14H,2,5-6,11H2,1H3. The van der Waals surface area contributed by atoms with E-state index in [1.165, 1.54) is 6.07 Å². The van der Waals surface area contributed by atoms with E-state index in [-0.39, 0.29) is 18.0 Å². The Morgan fingerprint density at radius 1 is 1.56 bits per heavy atom. The number of nitrogens with zero attached hydrogens (tertiary/aromatic N) is 2. The van der Waals surface area contributed by atoms with Gasteiger partial charge in [-0.3, -0.25) is 10.1 Å². The fourth-order valence-electron chi connectivity index (χ4n) is 1.50. The number of hydrogen-bond acceptors (Lipinski definition) is 5. The first kappa shape index (κ1) is 12.3. The van der Waals surface area contributed by atoms with Crippen LogP contribution in [0.5, 0.6) is 0 Å². The predicted molar refractivity (Wildman–Crippen MR) is 62.5 cm³/mol. The molecule has 0 radical (unpaired) electrons. The van der Waals surface area contributed by atoms with Crippen molar-refractivity contribution in [2.45, 2.75) is 6.92 Å². The number of likely N-dealkylation sites (N-methyl/N-ethyl adjacent to an activating group) is 1. The highest BCUT2D eigenvalue weighted by molar-refractivity contribution is 5.66. The first-order valence-corrected chi connectivity index (χ1v) is 4.99. The SMILES string of the molecule is CCN(CCO)c1ccc([N+](=O)[O-])c(N)c1. The number of aliphatic hydroxyl groups is 1. The van der Waals surface area contributed by atoms with Crippen LogP contribution in [0.25, 0.3) is 0 Å². The van der Waals surface area contributed by atoms with Crippen LogP contribution in [0, 0.1) is 10.1 Å². The number of nitro groups is 1. The van der Waals surface area contributed by atoms with Crippen molar-refractivity contribution in [3.8, 4) is 0 Å². The van der Waals surface area contributed by atoms with E-state index in [4.69, 9.17) is 10.8 Å². The van der Waals surface area contributed by atoms with Crippen molar-refractivity contribution in [1.82, 2.24) is 0 Å².